The van der Waals surface area contributed by atoms with Gasteiger partial charge in [0.25, 0.3) is 0 Å². The predicted molar refractivity (Wildman–Crippen MR) is 82.3 cm³/mol. The minimum Gasteiger partial charge on any atom is -0.481 e. The maximum atomic E-state index is 12.1. The van der Waals surface area contributed by atoms with E-state index in [1.54, 1.807) is 11.3 Å². The van der Waals surface area contributed by atoms with Crippen LogP contribution < -0.4 is 0 Å². The van der Waals surface area contributed by atoms with Crippen molar-refractivity contribution in [3.05, 3.63) is 22.4 Å². The summed E-state index contributed by atoms with van der Waals surface area (Å²) in [5, 5.41) is 20.2. The van der Waals surface area contributed by atoms with Crippen LogP contribution in [0.25, 0.3) is 0 Å². The van der Waals surface area contributed by atoms with Crippen molar-refractivity contribution in [2.24, 2.45) is 5.92 Å². The smallest absolute Gasteiger partial charge is 0.326 e. The molecule has 2 unspecified atom stereocenters. The molecule has 0 aliphatic carbocycles. The molecule has 7 nitrogen and oxygen atoms in total. The van der Waals surface area contributed by atoms with Gasteiger partial charge in [0.2, 0.25) is 5.91 Å². The zero-order valence-electron chi connectivity index (χ0n) is 12.5. The van der Waals surface area contributed by atoms with E-state index >= 15 is 0 Å². The molecule has 2 atom stereocenters. The third kappa shape index (κ3) is 4.77. The van der Waals surface area contributed by atoms with Gasteiger partial charge in [0.15, 0.2) is 0 Å². The molecule has 23 heavy (non-hydrogen) atoms. The van der Waals surface area contributed by atoms with Crippen molar-refractivity contribution >= 4 is 29.2 Å². The highest BCUT2D eigenvalue weighted by Gasteiger charge is 2.38. The highest BCUT2D eigenvalue weighted by Crippen LogP contribution is 2.23. The van der Waals surface area contributed by atoms with Crippen LogP contribution in [0.3, 0.4) is 0 Å². The summed E-state index contributed by atoms with van der Waals surface area (Å²) in [5.74, 6) is -3.33. The molecule has 1 amide bonds. The molecule has 1 aromatic rings. The number of carbonyl (C=O) groups excluding carboxylic acids is 1. The Bertz CT molecular complexity index is 558. The Morgan fingerprint density at radius 2 is 2.09 bits per heavy atom. The molecule has 0 bridgehead atoms. The van der Waals surface area contributed by atoms with E-state index in [0.717, 1.165) is 4.88 Å². The second-order valence-electron chi connectivity index (χ2n) is 5.38. The van der Waals surface area contributed by atoms with Crippen LogP contribution in [0, 0.1) is 5.92 Å². The molecule has 2 N–H and O–H groups in total. The summed E-state index contributed by atoms with van der Waals surface area (Å²) in [4.78, 5) is 36.8. The summed E-state index contributed by atoms with van der Waals surface area (Å²) in [6.07, 6.45) is 0.903. The van der Waals surface area contributed by atoms with Crippen LogP contribution in [0.5, 0.6) is 0 Å². The van der Waals surface area contributed by atoms with Crippen molar-refractivity contribution in [2.45, 2.75) is 25.3 Å². The topological polar surface area (TPSA) is 104 Å². The van der Waals surface area contributed by atoms with E-state index < -0.39 is 29.8 Å². The van der Waals surface area contributed by atoms with Crippen LogP contribution in [0.1, 0.15) is 17.7 Å². The lowest BCUT2D eigenvalue weighted by atomic mass is 9.91. The minimum absolute atomic E-state index is 0.0639. The number of carboxylic acids is 2. The number of hydrogen-bond acceptors (Lipinski definition) is 5. The van der Waals surface area contributed by atoms with Gasteiger partial charge < -0.3 is 19.8 Å². The van der Waals surface area contributed by atoms with Gasteiger partial charge in [-0.1, -0.05) is 6.07 Å². The summed E-state index contributed by atoms with van der Waals surface area (Å²) >= 11 is 1.61. The lowest BCUT2D eigenvalue weighted by Gasteiger charge is -2.35. The van der Waals surface area contributed by atoms with Gasteiger partial charge in [0.1, 0.15) is 12.6 Å². The molecule has 1 aliphatic heterocycles. The van der Waals surface area contributed by atoms with E-state index in [9.17, 15) is 19.5 Å². The first-order valence-corrected chi connectivity index (χ1v) is 8.22. The molecule has 0 aromatic carbocycles. The molecular formula is C15H19NO6S. The zero-order valence-corrected chi connectivity index (χ0v) is 13.3. The van der Waals surface area contributed by atoms with E-state index in [2.05, 4.69) is 0 Å². The van der Waals surface area contributed by atoms with Gasteiger partial charge in [-0.3, -0.25) is 9.59 Å². The lowest BCUT2D eigenvalue weighted by molar-refractivity contribution is -0.158. The third-order valence-corrected chi connectivity index (χ3v) is 4.79. The van der Waals surface area contributed by atoms with Gasteiger partial charge in [-0.2, -0.15) is 0 Å². The molecule has 0 spiro atoms. The number of ether oxygens (including phenoxy) is 1. The van der Waals surface area contributed by atoms with Crippen molar-refractivity contribution < 1.29 is 29.3 Å². The van der Waals surface area contributed by atoms with Crippen molar-refractivity contribution in [1.29, 1.82) is 0 Å². The SMILES string of the molecule is O=C(O)C1CCN(C(=O)COCCc2cccs2)C(C(=O)O)C1. The Morgan fingerprint density at radius 3 is 2.70 bits per heavy atom. The molecule has 1 aliphatic rings. The Morgan fingerprint density at radius 1 is 1.30 bits per heavy atom. The highest BCUT2D eigenvalue weighted by molar-refractivity contribution is 7.09. The van der Waals surface area contributed by atoms with Crippen LogP contribution in [-0.4, -0.2) is 58.8 Å². The molecule has 8 heteroatoms. The maximum Gasteiger partial charge on any atom is 0.326 e. The number of thiophene rings is 1. The van der Waals surface area contributed by atoms with Gasteiger partial charge in [0, 0.05) is 17.8 Å². The molecule has 2 rings (SSSR count). The van der Waals surface area contributed by atoms with Gasteiger partial charge >= 0.3 is 11.9 Å². The number of likely N-dealkylation sites (tertiary alicyclic amines) is 1. The lowest BCUT2D eigenvalue weighted by Crippen LogP contribution is -2.52. The molecule has 2 heterocycles. The Balaban J connectivity index is 1.82. The Kier molecular flexibility index (Phi) is 6.12. The number of aliphatic carboxylic acids is 2. The largest absolute Gasteiger partial charge is 0.481 e. The molecule has 126 valence electrons. The molecular weight excluding hydrogens is 322 g/mol. The Hall–Kier alpha value is -1.93. The monoisotopic (exact) mass is 341 g/mol. The van der Waals surface area contributed by atoms with E-state index in [4.69, 9.17) is 9.84 Å². The number of piperidine rings is 1. The van der Waals surface area contributed by atoms with Crippen LogP contribution in [0.4, 0.5) is 0 Å². The van der Waals surface area contributed by atoms with Gasteiger partial charge in [0.05, 0.1) is 12.5 Å². The number of rotatable bonds is 7. The standard InChI is InChI=1S/C15H19NO6S/c17-13(9-22-6-4-11-2-1-7-23-11)16-5-3-10(14(18)19)8-12(16)15(20)21/h1-2,7,10,12H,3-6,8-9H2,(H,18,19)(H,20,21). The molecule has 0 radical (unpaired) electrons. The second kappa shape index (κ2) is 8.07. The molecule has 1 aromatic heterocycles. The summed E-state index contributed by atoms with van der Waals surface area (Å²) < 4.78 is 5.33. The third-order valence-electron chi connectivity index (χ3n) is 3.86. The van der Waals surface area contributed by atoms with Gasteiger partial charge in [-0.15, -0.1) is 11.3 Å². The summed E-state index contributed by atoms with van der Waals surface area (Å²) in [7, 11) is 0. The summed E-state index contributed by atoms with van der Waals surface area (Å²) in [6, 6.07) is 2.82. The molecule has 0 saturated carbocycles. The van der Waals surface area contributed by atoms with Crippen molar-refractivity contribution in [3.8, 4) is 0 Å². The quantitative estimate of drug-likeness (QED) is 0.719. The predicted octanol–water partition coefficient (Wildman–Crippen LogP) is 1.08. The van der Waals surface area contributed by atoms with E-state index in [1.165, 1.54) is 4.90 Å². The van der Waals surface area contributed by atoms with E-state index in [-0.39, 0.29) is 26.0 Å². The van der Waals surface area contributed by atoms with Crippen LogP contribution >= 0.6 is 11.3 Å². The number of carboxylic acid groups (broad SMARTS) is 2. The molecule has 1 saturated heterocycles. The van der Waals surface area contributed by atoms with E-state index in [0.29, 0.717) is 13.0 Å². The minimum atomic E-state index is -1.18. The van der Waals surface area contributed by atoms with E-state index in [1.807, 2.05) is 17.5 Å². The zero-order chi connectivity index (χ0) is 16.8. The second-order valence-corrected chi connectivity index (χ2v) is 6.41. The van der Waals surface area contributed by atoms with Crippen LogP contribution in [-0.2, 0) is 25.5 Å². The number of amides is 1. The van der Waals surface area contributed by atoms with Gasteiger partial charge in [-0.05, 0) is 24.3 Å². The first kappa shape index (κ1) is 17.4. The normalized spacial score (nSPS) is 21.1. The van der Waals surface area contributed by atoms with Crippen LogP contribution in [0.15, 0.2) is 17.5 Å². The van der Waals surface area contributed by atoms with Gasteiger partial charge in [-0.25, -0.2) is 4.79 Å². The van der Waals surface area contributed by atoms with Crippen molar-refractivity contribution in [1.82, 2.24) is 4.90 Å². The van der Waals surface area contributed by atoms with Crippen LogP contribution in [0.2, 0.25) is 0 Å². The van der Waals surface area contributed by atoms with Crippen molar-refractivity contribution in [3.63, 3.8) is 0 Å². The fourth-order valence-electron chi connectivity index (χ4n) is 2.59. The Labute approximate surface area is 137 Å². The average molecular weight is 341 g/mol. The molecule has 1 fully saturated rings. The van der Waals surface area contributed by atoms with Crippen molar-refractivity contribution in [2.75, 3.05) is 19.8 Å². The highest BCUT2D eigenvalue weighted by atomic mass is 32.1. The average Bonchev–Trinajstić information content (AvgIpc) is 3.04. The fraction of sp³-hybridized carbons (Fsp3) is 0.533. The summed E-state index contributed by atoms with van der Waals surface area (Å²) in [6.45, 7) is 0.323. The maximum absolute atomic E-state index is 12.1. The fourth-order valence-corrected chi connectivity index (χ4v) is 3.28. The first-order valence-electron chi connectivity index (χ1n) is 7.34. The first-order chi connectivity index (χ1) is 11.0. The number of nitrogens with zero attached hydrogens (tertiary/aromatic N) is 1. The summed E-state index contributed by atoms with van der Waals surface area (Å²) in [5.41, 5.74) is 0. The number of carbonyl (C=O) groups is 3. The number of hydrogen-bond donors (Lipinski definition) is 2.